The third kappa shape index (κ3) is 3.33. The maximum Gasteiger partial charge on any atom is 0.261 e. The van der Waals surface area contributed by atoms with Crippen LogP contribution in [0.1, 0.15) is 0 Å². The molecule has 0 aliphatic carbocycles. The summed E-state index contributed by atoms with van der Waals surface area (Å²) in [5.41, 5.74) is 7.32. The van der Waals surface area contributed by atoms with Crippen molar-refractivity contribution in [1.29, 1.82) is 0 Å². The van der Waals surface area contributed by atoms with Crippen LogP contribution in [0.4, 0.5) is 11.4 Å². The molecule has 0 heterocycles. The van der Waals surface area contributed by atoms with Crippen LogP contribution in [0.2, 0.25) is 0 Å². The van der Waals surface area contributed by atoms with E-state index in [1.807, 2.05) is 60.7 Å². The summed E-state index contributed by atoms with van der Waals surface area (Å²) in [6.07, 6.45) is -0.785. The van der Waals surface area contributed by atoms with Gasteiger partial charge < -0.3 is 16.4 Å². The van der Waals surface area contributed by atoms with Gasteiger partial charge in [0.15, 0.2) is 6.17 Å². The maximum atomic E-state index is 11.8. The highest BCUT2D eigenvalue weighted by atomic mass is 16.2. The van der Waals surface area contributed by atoms with Crippen LogP contribution in [-0.2, 0) is 4.79 Å². The molecule has 0 aliphatic rings. The standard InChI is InChI=1S/C14H15N3O/c15-13(16-11-7-3-1-4-8-11)14(18)17-12-9-5-2-6-10-12/h1-10,13,16H,15H2,(H,17,18). The van der Waals surface area contributed by atoms with Crippen molar-refractivity contribution in [2.45, 2.75) is 6.17 Å². The zero-order valence-corrected chi connectivity index (χ0v) is 9.84. The summed E-state index contributed by atoms with van der Waals surface area (Å²) >= 11 is 0. The number of nitrogens with two attached hydrogens (primary N) is 1. The minimum absolute atomic E-state index is 0.273. The van der Waals surface area contributed by atoms with Gasteiger partial charge in [0, 0.05) is 11.4 Å². The zero-order valence-electron chi connectivity index (χ0n) is 9.84. The number of hydrogen-bond acceptors (Lipinski definition) is 3. The van der Waals surface area contributed by atoms with Gasteiger partial charge in [0.05, 0.1) is 0 Å². The summed E-state index contributed by atoms with van der Waals surface area (Å²) in [6.45, 7) is 0. The van der Waals surface area contributed by atoms with Crippen LogP contribution in [-0.4, -0.2) is 12.1 Å². The molecule has 0 radical (unpaired) electrons. The monoisotopic (exact) mass is 241 g/mol. The Morgan fingerprint density at radius 1 is 0.889 bits per heavy atom. The highest BCUT2D eigenvalue weighted by molar-refractivity contribution is 5.96. The lowest BCUT2D eigenvalue weighted by atomic mass is 10.3. The molecule has 2 aromatic rings. The Morgan fingerprint density at radius 3 is 1.94 bits per heavy atom. The molecule has 0 fully saturated rings. The molecular formula is C14H15N3O. The van der Waals surface area contributed by atoms with Gasteiger partial charge in [0.1, 0.15) is 0 Å². The summed E-state index contributed by atoms with van der Waals surface area (Å²) in [5.74, 6) is -0.273. The highest BCUT2D eigenvalue weighted by Crippen LogP contribution is 2.08. The maximum absolute atomic E-state index is 11.8. The second kappa shape index (κ2) is 5.84. The van der Waals surface area contributed by atoms with E-state index in [2.05, 4.69) is 10.6 Å². The molecule has 4 nitrogen and oxygen atoms in total. The molecule has 1 unspecified atom stereocenters. The van der Waals surface area contributed by atoms with Crippen LogP contribution in [0.15, 0.2) is 60.7 Å². The first-order valence-corrected chi connectivity index (χ1v) is 5.69. The van der Waals surface area contributed by atoms with Gasteiger partial charge in [0.25, 0.3) is 5.91 Å². The number of carbonyl (C=O) groups excluding carboxylic acids is 1. The fraction of sp³-hybridized carbons (Fsp3) is 0.0714. The number of carbonyl (C=O) groups is 1. The van der Waals surface area contributed by atoms with Gasteiger partial charge in [0.2, 0.25) is 0 Å². The van der Waals surface area contributed by atoms with E-state index in [-0.39, 0.29) is 5.91 Å². The molecule has 1 atom stereocenters. The third-order valence-corrected chi connectivity index (χ3v) is 2.42. The topological polar surface area (TPSA) is 67.1 Å². The lowest BCUT2D eigenvalue weighted by Gasteiger charge is -2.15. The van der Waals surface area contributed by atoms with Crippen molar-refractivity contribution in [1.82, 2.24) is 0 Å². The van der Waals surface area contributed by atoms with E-state index in [9.17, 15) is 4.79 Å². The minimum Gasteiger partial charge on any atom is -0.362 e. The number of hydrogen-bond donors (Lipinski definition) is 3. The summed E-state index contributed by atoms with van der Waals surface area (Å²) in [5, 5.41) is 5.66. The Hall–Kier alpha value is -2.33. The summed E-state index contributed by atoms with van der Waals surface area (Å²) < 4.78 is 0. The predicted molar refractivity (Wildman–Crippen MR) is 73.1 cm³/mol. The number of amides is 1. The van der Waals surface area contributed by atoms with Gasteiger partial charge in [-0.05, 0) is 24.3 Å². The van der Waals surface area contributed by atoms with Crippen LogP contribution >= 0.6 is 0 Å². The second-order valence-corrected chi connectivity index (χ2v) is 3.84. The van der Waals surface area contributed by atoms with Crippen molar-refractivity contribution < 1.29 is 4.79 Å². The zero-order chi connectivity index (χ0) is 12.8. The van der Waals surface area contributed by atoms with Crippen molar-refractivity contribution in [2.75, 3.05) is 10.6 Å². The Bertz CT molecular complexity index is 499. The first-order valence-electron chi connectivity index (χ1n) is 5.69. The third-order valence-electron chi connectivity index (χ3n) is 2.42. The molecule has 0 bridgehead atoms. The highest BCUT2D eigenvalue weighted by Gasteiger charge is 2.12. The van der Waals surface area contributed by atoms with Crippen molar-refractivity contribution in [3.63, 3.8) is 0 Å². The van der Waals surface area contributed by atoms with E-state index in [1.165, 1.54) is 0 Å². The van der Waals surface area contributed by atoms with Crippen molar-refractivity contribution in [2.24, 2.45) is 5.73 Å². The first kappa shape index (κ1) is 12.1. The van der Waals surface area contributed by atoms with E-state index in [0.29, 0.717) is 0 Å². The van der Waals surface area contributed by atoms with E-state index < -0.39 is 6.17 Å². The van der Waals surface area contributed by atoms with Gasteiger partial charge in [-0.2, -0.15) is 0 Å². The molecule has 1 amide bonds. The molecule has 0 spiro atoms. The van der Waals surface area contributed by atoms with E-state index in [0.717, 1.165) is 11.4 Å². The Balaban J connectivity index is 1.93. The molecule has 0 aromatic heterocycles. The summed E-state index contributed by atoms with van der Waals surface area (Å²) in [7, 11) is 0. The second-order valence-electron chi connectivity index (χ2n) is 3.84. The summed E-state index contributed by atoms with van der Waals surface area (Å²) in [6, 6.07) is 18.6. The van der Waals surface area contributed by atoms with Crippen LogP contribution in [0.25, 0.3) is 0 Å². The SMILES string of the molecule is NC(Nc1ccccc1)C(=O)Nc1ccccc1. The van der Waals surface area contributed by atoms with E-state index >= 15 is 0 Å². The average Bonchev–Trinajstić information content (AvgIpc) is 2.41. The van der Waals surface area contributed by atoms with Crippen molar-refractivity contribution >= 4 is 17.3 Å². The number of anilines is 2. The number of rotatable bonds is 4. The molecule has 2 aromatic carbocycles. The van der Waals surface area contributed by atoms with Crippen molar-refractivity contribution in [3.8, 4) is 0 Å². The predicted octanol–water partition coefficient (Wildman–Crippen LogP) is 2.02. The number of nitrogens with one attached hydrogen (secondary N) is 2. The Kier molecular flexibility index (Phi) is 3.94. The van der Waals surface area contributed by atoms with Crippen LogP contribution in [0.5, 0.6) is 0 Å². The Labute approximate surface area is 106 Å². The molecule has 2 rings (SSSR count). The molecule has 4 heteroatoms. The van der Waals surface area contributed by atoms with Gasteiger partial charge in [-0.25, -0.2) is 0 Å². The molecule has 0 saturated carbocycles. The van der Waals surface area contributed by atoms with E-state index in [4.69, 9.17) is 5.73 Å². The fourth-order valence-electron chi connectivity index (χ4n) is 1.52. The van der Waals surface area contributed by atoms with Gasteiger partial charge in [-0.3, -0.25) is 4.79 Å². The smallest absolute Gasteiger partial charge is 0.261 e. The minimum atomic E-state index is -0.785. The molecule has 0 saturated heterocycles. The molecular weight excluding hydrogens is 226 g/mol. The molecule has 4 N–H and O–H groups in total. The largest absolute Gasteiger partial charge is 0.362 e. The molecule has 18 heavy (non-hydrogen) atoms. The summed E-state index contributed by atoms with van der Waals surface area (Å²) in [4.78, 5) is 11.8. The number of benzene rings is 2. The van der Waals surface area contributed by atoms with Crippen LogP contribution in [0.3, 0.4) is 0 Å². The lowest BCUT2D eigenvalue weighted by Crippen LogP contribution is -2.42. The van der Waals surface area contributed by atoms with Crippen LogP contribution < -0.4 is 16.4 Å². The average molecular weight is 241 g/mol. The Morgan fingerprint density at radius 2 is 1.39 bits per heavy atom. The normalized spacial score (nSPS) is 11.6. The quantitative estimate of drug-likeness (QED) is 0.717. The van der Waals surface area contributed by atoms with Crippen LogP contribution in [0, 0.1) is 0 Å². The molecule has 92 valence electrons. The first-order chi connectivity index (χ1) is 8.75. The molecule has 0 aliphatic heterocycles. The van der Waals surface area contributed by atoms with Gasteiger partial charge >= 0.3 is 0 Å². The fourth-order valence-corrected chi connectivity index (χ4v) is 1.52. The number of para-hydroxylation sites is 2. The van der Waals surface area contributed by atoms with Crippen molar-refractivity contribution in [3.05, 3.63) is 60.7 Å². The van der Waals surface area contributed by atoms with E-state index in [1.54, 1.807) is 0 Å². The lowest BCUT2D eigenvalue weighted by molar-refractivity contribution is -0.116. The van der Waals surface area contributed by atoms with Gasteiger partial charge in [-0.15, -0.1) is 0 Å². The van der Waals surface area contributed by atoms with Gasteiger partial charge in [-0.1, -0.05) is 36.4 Å².